The number of carbonyl (C=O) groups excluding carboxylic acids is 1. The molecule has 0 bridgehead atoms. The number of hydrogen-bond donors (Lipinski definition) is 0. The van der Waals surface area contributed by atoms with Gasteiger partial charge in [0, 0.05) is 29.6 Å². The van der Waals surface area contributed by atoms with Crippen LogP contribution in [0.2, 0.25) is 0 Å². The van der Waals surface area contributed by atoms with Crippen LogP contribution < -0.4 is 29.6 Å². The Bertz CT molecular complexity index is 175. The summed E-state index contributed by atoms with van der Waals surface area (Å²) in [5.74, 6) is 0. The van der Waals surface area contributed by atoms with E-state index in [1.165, 1.54) is 89.9 Å². The molecule has 1 radical (unpaired) electrons. The summed E-state index contributed by atoms with van der Waals surface area (Å²) in [5.41, 5.74) is 0. The van der Waals surface area contributed by atoms with E-state index < -0.39 is 0 Å². The van der Waals surface area contributed by atoms with E-state index in [-0.39, 0.29) is 59.1 Å². The Morgan fingerprint density at radius 3 is 1.14 bits per heavy atom. The van der Waals surface area contributed by atoms with E-state index in [4.69, 9.17) is 0 Å². The molecule has 0 aliphatic rings. The third kappa shape index (κ3) is 26.9. The molecule has 0 aromatic heterocycles. The van der Waals surface area contributed by atoms with Gasteiger partial charge in [0.15, 0.2) is 0 Å². The van der Waals surface area contributed by atoms with Crippen LogP contribution in [0.5, 0.6) is 0 Å². The molecule has 3 heteroatoms. The third-order valence-corrected chi connectivity index (χ3v) is 3.88. The summed E-state index contributed by atoms with van der Waals surface area (Å²) in [6.45, 7) is 2.28. The average Bonchev–Trinajstić information content (AvgIpc) is 2.43. The first-order chi connectivity index (χ1) is 9.41. The molecule has 0 spiro atoms. The van der Waals surface area contributed by atoms with Crippen LogP contribution >= 0.6 is 0 Å². The molecule has 0 rings (SSSR count). The van der Waals surface area contributed by atoms with Gasteiger partial charge in [0.25, 0.3) is 0 Å². The number of unbranched alkanes of at least 4 members (excludes halogenated alkanes) is 15. The molecule has 0 aliphatic heterocycles. The smallest absolute Gasteiger partial charge is 0.542 e. The summed E-state index contributed by atoms with van der Waals surface area (Å²) in [7, 11) is 0. The minimum absolute atomic E-state index is 0. The SMILES string of the molecule is CCCCCCCCCCCCCCCCC[C-]=O.[Na+].[Na]. The zero-order valence-electron chi connectivity index (χ0n) is 15.2. The van der Waals surface area contributed by atoms with Gasteiger partial charge in [-0.05, 0) is 0 Å². The second-order valence-corrected chi connectivity index (χ2v) is 5.84. The second kappa shape index (κ2) is 26.6. The maximum absolute atomic E-state index is 10.0. The van der Waals surface area contributed by atoms with Crippen molar-refractivity contribution in [2.75, 3.05) is 0 Å². The molecule has 0 N–H and O–H groups in total. The summed E-state index contributed by atoms with van der Waals surface area (Å²) < 4.78 is 0. The van der Waals surface area contributed by atoms with Gasteiger partial charge in [0.2, 0.25) is 0 Å². The predicted octanol–water partition coefficient (Wildman–Crippen LogP) is 2.98. The Hall–Kier alpha value is 1.67. The zero-order chi connectivity index (χ0) is 14.0. The number of rotatable bonds is 16. The fourth-order valence-electron chi connectivity index (χ4n) is 2.57. The van der Waals surface area contributed by atoms with Gasteiger partial charge in [-0.2, -0.15) is 6.42 Å². The maximum Gasteiger partial charge on any atom is 1.00 e. The minimum Gasteiger partial charge on any atom is -0.542 e. The van der Waals surface area contributed by atoms with Crippen molar-refractivity contribution in [1.29, 1.82) is 0 Å². The summed E-state index contributed by atoms with van der Waals surface area (Å²) >= 11 is 0. The molecule has 0 fully saturated rings. The van der Waals surface area contributed by atoms with Crippen molar-refractivity contribution in [3.8, 4) is 0 Å². The molecule has 0 aromatic rings. The Kier molecular flexibility index (Phi) is 34.8. The first-order valence-corrected chi connectivity index (χ1v) is 8.76. The van der Waals surface area contributed by atoms with Crippen molar-refractivity contribution in [3.63, 3.8) is 0 Å². The summed E-state index contributed by atoms with van der Waals surface area (Å²) in [6.07, 6.45) is 23.2. The summed E-state index contributed by atoms with van der Waals surface area (Å²) in [4.78, 5) is 10.0. The predicted molar refractivity (Wildman–Crippen MR) is 91.0 cm³/mol. The van der Waals surface area contributed by atoms with Gasteiger partial charge < -0.3 is 4.79 Å². The first-order valence-electron chi connectivity index (χ1n) is 8.76. The molecule has 0 unspecified atom stereocenters. The van der Waals surface area contributed by atoms with E-state index in [2.05, 4.69) is 6.92 Å². The van der Waals surface area contributed by atoms with Crippen LogP contribution in [0.1, 0.15) is 110 Å². The van der Waals surface area contributed by atoms with E-state index in [9.17, 15) is 4.79 Å². The summed E-state index contributed by atoms with van der Waals surface area (Å²) in [6, 6.07) is 0. The van der Waals surface area contributed by atoms with Crippen LogP contribution in [0.25, 0.3) is 0 Å². The van der Waals surface area contributed by atoms with E-state index in [1.807, 2.05) is 6.29 Å². The van der Waals surface area contributed by atoms with E-state index in [0.717, 1.165) is 6.42 Å². The van der Waals surface area contributed by atoms with Crippen LogP contribution in [0.3, 0.4) is 0 Å². The Labute approximate surface area is 178 Å². The van der Waals surface area contributed by atoms with Gasteiger partial charge in [-0.15, -0.1) is 0 Å². The van der Waals surface area contributed by atoms with Crippen molar-refractivity contribution < 1.29 is 34.4 Å². The van der Waals surface area contributed by atoms with Gasteiger partial charge in [-0.1, -0.05) is 103 Å². The molecule has 0 saturated heterocycles. The topological polar surface area (TPSA) is 17.1 Å². The van der Waals surface area contributed by atoms with Crippen molar-refractivity contribution >= 4 is 35.8 Å². The van der Waals surface area contributed by atoms with Crippen molar-refractivity contribution in [2.24, 2.45) is 0 Å². The molecule has 0 aliphatic carbocycles. The van der Waals surface area contributed by atoms with Gasteiger partial charge >= 0.3 is 29.6 Å². The normalized spacial score (nSPS) is 9.76. The van der Waals surface area contributed by atoms with E-state index in [0.29, 0.717) is 6.42 Å². The van der Waals surface area contributed by atoms with Crippen LogP contribution in [-0.4, -0.2) is 35.8 Å². The van der Waals surface area contributed by atoms with Crippen LogP contribution in [0, 0.1) is 0 Å². The molecule has 115 valence electrons. The Morgan fingerprint density at radius 2 is 0.857 bits per heavy atom. The molecule has 0 heterocycles. The molecular formula is C18H35Na2O. The summed E-state index contributed by atoms with van der Waals surface area (Å²) in [5, 5.41) is 0. The standard InChI is InChI=1S/C18H35O.2Na/c1-2-3-4-5-6-7-8-9-10-11-12-13-14-15-16-17-18-19;;/h2-17H2,1H3;;/q-1;;+1. The van der Waals surface area contributed by atoms with E-state index >= 15 is 0 Å². The van der Waals surface area contributed by atoms with Crippen LogP contribution in [0.15, 0.2) is 0 Å². The van der Waals surface area contributed by atoms with Crippen molar-refractivity contribution in [3.05, 3.63) is 0 Å². The second-order valence-electron chi connectivity index (χ2n) is 5.84. The monoisotopic (exact) mass is 313 g/mol. The van der Waals surface area contributed by atoms with Crippen molar-refractivity contribution in [1.82, 2.24) is 0 Å². The van der Waals surface area contributed by atoms with Gasteiger partial charge in [-0.25, -0.2) is 0 Å². The molecular weight excluding hydrogens is 278 g/mol. The van der Waals surface area contributed by atoms with Crippen LogP contribution in [0.4, 0.5) is 0 Å². The molecule has 0 saturated carbocycles. The molecule has 1 nitrogen and oxygen atoms in total. The third-order valence-electron chi connectivity index (χ3n) is 3.88. The molecule has 21 heavy (non-hydrogen) atoms. The van der Waals surface area contributed by atoms with Gasteiger partial charge in [0.05, 0.1) is 0 Å². The molecule has 0 aromatic carbocycles. The molecule has 0 amide bonds. The minimum atomic E-state index is 0. The van der Waals surface area contributed by atoms with E-state index in [1.54, 1.807) is 0 Å². The Balaban J connectivity index is -0.00000162. The van der Waals surface area contributed by atoms with Gasteiger partial charge in [-0.3, -0.25) is 6.29 Å². The van der Waals surface area contributed by atoms with Gasteiger partial charge in [0.1, 0.15) is 0 Å². The van der Waals surface area contributed by atoms with Crippen LogP contribution in [-0.2, 0) is 4.79 Å². The quantitative estimate of drug-likeness (QED) is 0.243. The maximum atomic E-state index is 10.0. The zero-order valence-corrected chi connectivity index (χ0v) is 19.2. The average molecular weight is 313 g/mol. The Morgan fingerprint density at radius 1 is 0.571 bits per heavy atom. The van der Waals surface area contributed by atoms with Crippen molar-refractivity contribution in [2.45, 2.75) is 110 Å². The number of hydrogen-bond acceptors (Lipinski definition) is 1. The first kappa shape index (κ1) is 27.5. The molecule has 0 atom stereocenters. The fraction of sp³-hybridized carbons (Fsp3) is 0.944. The largest absolute Gasteiger partial charge is 1.00 e. The fourth-order valence-corrected chi connectivity index (χ4v) is 2.57.